The molecular weight excluding hydrogens is 308 g/mol. The van der Waals surface area contributed by atoms with E-state index >= 15 is 0 Å². The molecule has 1 heterocycles. The van der Waals surface area contributed by atoms with Gasteiger partial charge in [-0.25, -0.2) is 9.78 Å². The number of amides is 2. The fourth-order valence-electron chi connectivity index (χ4n) is 1.78. The van der Waals surface area contributed by atoms with Crippen LogP contribution in [-0.4, -0.2) is 29.2 Å². The summed E-state index contributed by atoms with van der Waals surface area (Å²) in [5.74, 6) is 0.503. The van der Waals surface area contributed by atoms with Crippen LogP contribution >= 0.6 is 11.6 Å². The first-order chi connectivity index (χ1) is 10.6. The number of nitrogens with one attached hydrogen (secondary N) is 2. The van der Waals surface area contributed by atoms with E-state index in [9.17, 15) is 9.59 Å². The number of ether oxygens (including phenoxy) is 1. The zero-order chi connectivity index (χ0) is 15.9. The molecule has 0 saturated carbocycles. The van der Waals surface area contributed by atoms with E-state index in [1.165, 1.54) is 30.3 Å². The molecular formula is C14H15ClN4O3. The molecule has 0 unspecified atom stereocenters. The SMILES string of the molecule is COc1ccc(Cl)cc1NC(=O)NCCn1cnccc1=O. The zero-order valence-corrected chi connectivity index (χ0v) is 12.6. The molecule has 116 valence electrons. The monoisotopic (exact) mass is 322 g/mol. The minimum atomic E-state index is -0.419. The number of anilines is 1. The Labute approximate surface area is 131 Å². The van der Waals surface area contributed by atoms with Crippen molar-refractivity contribution in [3.05, 3.63) is 52.2 Å². The van der Waals surface area contributed by atoms with E-state index in [4.69, 9.17) is 16.3 Å². The topological polar surface area (TPSA) is 85.2 Å². The summed E-state index contributed by atoms with van der Waals surface area (Å²) in [6, 6.07) is 5.85. The number of aromatic nitrogens is 2. The Morgan fingerprint density at radius 3 is 2.95 bits per heavy atom. The van der Waals surface area contributed by atoms with Gasteiger partial charge in [0.15, 0.2) is 0 Å². The molecule has 2 N–H and O–H groups in total. The second-order valence-electron chi connectivity index (χ2n) is 4.34. The molecule has 0 radical (unpaired) electrons. The van der Waals surface area contributed by atoms with Crippen LogP contribution in [0.25, 0.3) is 0 Å². The molecule has 0 spiro atoms. The van der Waals surface area contributed by atoms with Crippen LogP contribution in [0, 0.1) is 0 Å². The number of carbonyl (C=O) groups excluding carboxylic acids is 1. The van der Waals surface area contributed by atoms with Crippen molar-refractivity contribution in [2.24, 2.45) is 0 Å². The Bertz CT molecular complexity index is 717. The number of methoxy groups -OCH3 is 1. The Kier molecular flexibility index (Phi) is 5.37. The predicted octanol–water partition coefficient (Wildman–Crippen LogP) is 1.73. The average Bonchev–Trinajstić information content (AvgIpc) is 2.49. The summed E-state index contributed by atoms with van der Waals surface area (Å²) >= 11 is 5.89. The number of rotatable bonds is 5. The number of urea groups is 1. The molecule has 0 fully saturated rings. The summed E-state index contributed by atoms with van der Waals surface area (Å²) in [6.07, 6.45) is 2.84. The smallest absolute Gasteiger partial charge is 0.319 e. The second-order valence-corrected chi connectivity index (χ2v) is 4.77. The summed E-state index contributed by atoms with van der Waals surface area (Å²) in [5, 5.41) is 5.77. The lowest BCUT2D eigenvalue weighted by Crippen LogP contribution is -2.33. The highest BCUT2D eigenvalue weighted by Gasteiger charge is 2.07. The van der Waals surface area contributed by atoms with Crippen LogP contribution in [0.15, 0.2) is 41.6 Å². The van der Waals surface area contributed by atoms with Crippen LogP contribution in [0.4, 0.5) is 10.5 Å². The maximum Gasteiger partial charge on any atom is 0.319 e. The van der Waals surface area contributed by atoms with Crippen molar-refractivity contribution in [1.29, 1.82) is 0 Å². The van der Waals surface area contributed by atoms with Gasteiger partial charge in [-0.1, -0.05) is 11.6 Å². The quantitative estimate of drug-likeness (QED) is 0.878. The normalized spacial score (nSPS) is 10.1. The van der Waals surface area contributed by atoms with Crippen LogP contribution in [-0.2, 0) is 6.54 Å². The number of halogens is 1. The molecule has 2 rings (SSSR count). The van der Waals surface area contributed by atoms with Gasteiger partial charge in [-0.05, 0) is 18.2 Å². The van der Waals surface area contributed by atoms with E-state index in [-0.39, 0.29) is 12.1 Å². The van der Waals surface area contributed by atoms with Gasteiger partial charge < -0.3 is 15.4 Å². The Morgan fingerprint density at radius 2 is 2.23 bits per heavy atom. The summed E-state index contributed by atoms with van der Waals surface area (Å²) < 4.78 is 6.54. The van der Waals surface area contributed by atoms with Crippen molar-refractivity contribution in [3.8, 4) is 5.75 Å². The van der Waals surface area contributed by atoms with Crippen LogP contribution in [0.5, 0.6) is 5.75 Å². The maximum atomic E-state index is 11.8. The molecule has 0 aliphatic carbocycles. The summed E-state index contributed by atoms with van der Waals surface area (Å²) in [7, 11) is 1.50. The van der Waals surface area contributed by atoms with Crippen molar-refractivity contribution < 1.29 is 9.53 Å². The molecule has 0 aliphatic rings. The van der Waals surface area contributed by atoms with Crippen molar-refractivity contribution in [3.63, 3.8) is 0 Å². The standard InChI is InChI=1S/C14H15ClN4O3/c1-22-12-3-2-10(15)8-11(12)18-14(21)17-6-7-19-9-16-5-4-13(19)20/h2-5,8-9H,6-7H2,1H3,(H2,17,18,21). The van der Waals surface area contributed by atoms with E-state index < -0.39 is 6.03 Å². The van der Waals surface area contributed by atoms with Gasteiger partial charge in [-0.15, -0.1) is 0 Å². The first-order valence-corrected chi connectivity index (χ1v) is 6.87. The van der Waals surface area contributed by atoms with Crippen molar-refractivity contribution in [1.82, 2.24) is 14.9 Å². The number of nitrogens with zero attached hydrogens (tertiary/aromatic N) is 2. The molecule has 7 nitrogen and oxygen atoms in total. The third kappa shape index (κ3) is 4.23. The average molecular weight is 323 g/mol. The molecule has 0 bridgehead atoms. The van der Waals surface area contributed by atoms with Crippen LogP contribution < -0.4 is 20.9 Å². The first-order valence-electron chi connectivity index (χ1n) is 6.49. The predicted molar refractivity (Wildman–Crippen MR) is 83.5 cm³/mol. The van der Waals surface area contributed by atoms with Crippen molar-refractivity contribution in [2.75, 3.05) is 19.0 Å². The minimum Gasteiger partial charge on any atom is -0.495 e. The lowest BCUT2D eigenvalue weighted by atomic mass is 10.3. The van der Waals surface area contributed by atoms with Gasteiger partial charge in [0.2, 0.25) is 0 Å². The molecule has 0 aliphatic heterocycles. The molecule has 2 aromatic rings. The third-order valence-corrected chi connectivity index (χ3v) is 3.08. The van der Waals surface area contributed by atoms with Gasteiger partial charge in [0.05, 0.1) is 19.1 Å². The summed E-state index contributed by atoms with van der Waals surface area (Å²) in [6.45, 7) is 0.604. The summed E-state index contributed by atoms with van der Waals surface area (Å²) in [4.78, 5) is 27.2. The highest BCUT2D eigenvalue weighted by Crippen LogP contribution is 2.27. The van der Waals surface area contributed by atoms with Crippen molar-refractivity contribution >= 4 is 23.3 Å². The molecule has 2 amide bonds. The summed E-state index contributed by atoms with van der Waals surface area (Å²) in [5.41, 5.74) is 0.291. The lowest BCUT2D eigenvalue weighted by Gasteiger charge is -2.11. The molecule has 8 heteroatoms. The Hall–Kier alpha value is -2.54. The second kappa shape index (κ2) is 7.46. The van der Waals surface area contributed by atoms with E-state index in [1.54, 1.807) is 18.2 Å². The molecule has 22 heavy (non-hydrogen) atoms. The molecule has 0 atom stereocenters. The number of carbonyl (C=O) groups is 1. The Morgan fingerprint density at radius 1 is 1.41 bits per heavy atom. The van der Waals surface area contributed by atoms with E-state index in [0.717, 1.165) is 0 Å². The van der Waals surface area contributed by atoms with Gasteiger partial charge in [-0.2, -0.15) is 0 Å². The number of hydrogen-bond acceptors (Lipinski definition) is 4. The van der Waals surface area contributed by atoms with Crippen LogP contribution in [0.1, 0.15) is 0 Å². The Balaban J connectivity index is 1.90. The lowest BCUT2D eigenvalue weighted by molar-refractivity contribution is 0.251. The van der Waals surface area contributed by atoms with Crippen molar-refractivity contribution in [2.45, 2.75) is 6.54 Å². The van der Waals surface area contributed by atoms with Gasteiger partial charge in [-0.3, -0.25) is 9.36 Å². The fraction of sp³-hybridized carbons (Fsp3) is 0.214. The van der Waals surface area contributed by atoms with Gasteiger partial charge >= 0.3 is 6.03 Å². The number of hydrogen-bond donors (Lipinski definition) is 2. The highest BCUT2D eigenvalue weighted by molar-refractivity contribution is 6.31. The van der Waals surface area contributed by atoms with E-state index in [0.29, 0.717) is 23.0 Å². The maximum absolute atomic E-state index is 11.8. The van der Waals surface area contributed by atoms with E-state index in [2.05, 4.69) is 15.6 Å². The largest absolute Gasteiger partial charge is 0.495 e. The van der Waals surface area contributed by atoms with Gasteiger partial charge in [0.1, 0.15) is 5.75 Å². The van der Waals surface area contributed by atoms with Crippen LogP contribution in [0.2, 0.25) is 5.02 Å². The van der Waals surface area contributed by atoms with E-state index in [1.807, 2.05) is 0 Å². The first kappa shape index (κ1) is 15.8. The van der Waals surface area contributed by atoms with Gasteiger partial charge in [0.25, 0.3) is 5.56 Å². The third-order valence-electron chi connectivity index (χ3n) is 2.84. The van der Waals surface area contributed by atoms with Gasteiger partial charge in [0, 0.05) is 30.4 Å². The highest BCUT2D eigenvalue weighted by atomic mass is 35.5. The molecule has 0 saturated heterocycles. The molecule has 1 aromatic carbocycles. The van der Waals surface area contributed by atoms with Crippen LogP contribution in [0.3, 0.4) is 0 Å². The fourth-order valence-corrected chi connectivity index (χ4v) is 1.95. The minimum absolute atomic E-state index is 0.172. The zero-order valence-electron chi connectivity index (χ0n) is 11.9. The molecule has 1 aromatic heterocycles. The number of benzene rings is 1.